The molecule has 3 aromatic rings. The van der Waals surface area contributed by atoms with Crippen LogP contribution in [0.1, 0.15) is 18.4 Å². The van der Waals surface area contributed by atoms with Gasteiger partial charge in [-0.2, -0.15) is 0 Å². The molecule has 27 heavy (non-hydrogen) atoms. The second-order valence-electron chi connectivity index (χ2n) is 6.79. The van der Waals surface area contributed by atoms with Crippen LogP contribution in [-0.4, -0.2) is 33.9 Å². The lowest BCUT2D eigenvalue weighted by Crippen LogP contribution is -2.38. The summed E-state index contributed by atoms with van der Waals surface area (Å²) < 4.78 is 0. The number of nitrogens with one attached hydrogen (secondary N) is 1. The monoisotopic (exact) mass is 362 g/mol. The molecule has 1 amide bonds. The molecule has 0 aliphatic carbocycles. The third-order valence-corrected chi connectivity index (χ3v) is 5.05. The van der Waals surface area contributed by atoms with Crippen molar-refractivity contribution in [2.45, 2.75) is 19.4 Å². The number of fused-ring (bicyclic) bond motifs is 1. The summed E-state index contributed by atoms with van der Waals surface area (Å²) in [6.07, 6.45) is 8.63. The summed E-state index contributed by atoms with van der Waals surface area (Å²) in [4.78, 5) is 26.6. The van der Waals surface area contributed by atoms with Gasteiger partial charge in [-0.05, 0) is 36.6 Å². The van der Waals surface area contributed by atoms with Gasteiger partial charge in [-0.1, -0.05) is 6.07 Å². The van der Waals surface area contributed by atoms with Crippen LogP contribution in [0.2, 0.25) is 0 Å². The number of aromatic nitrogens is 3. The summed E-state index contributed by atoms with van der Waals surface area (Å²) in [5, 5.41) is 3.48. The van der Waals surface area contributed by atoms with E-state index in [0.717, 1.165) is 53.9 Å². The van der Waals surface area contributed by atoms with E-state index < -0.39 is 0 Å². The Morgan fingerprint density at radius 3 is 2.67 bits per heavy atom. The van der Waals surface area contributed by atoms with E-state index in [2.05, 4.69) is 31.2 Å². The molecule has 2 aromatic heterocycles. The van der Waals surface area contributed by atoms with Gasteiger partial charge >= 0.3 is 0 Å². The van der Waals surface area contributed by atoms with E-state index in [1.807, 2.05) is 24.4 Å². The zero-order valence-electron chi connectivity index (χ0n) is 15.0. The average molecular weight is 362 g/mol. The molecule has 0 spiro atoms. The largest absolute Gasteiger partial charge is 0.378 e. The number of hydrogen-bond acceptors (Lipinski definition) is 6. The third kappa shape index (κ3) is 3.81. The van der Waals surface area contributed by atoms with E-state index in [1.54, 1.807) is 18.6 Å². The molecule has 0 saturated carbocycles. The van der Waals surface area contributed by atoms with Crippen molar-refractivity contribution in [2.24, 2.45) is 11.7 Å². The van der Waals surface area contributed by atoms with E-state index in [1.165, 1.54) is 0 Å². The lowest BCUT2D eigenvalue weighted by molar-refractivity contribution is -0.122. The van der Waals surface area contributed by atoms with Gasteiger partial charge in [0.1, 0.15) is 0 Å². The number of rotatable bonds is 5. The second-order valence-corrected chi connectivity index (χ2v) is 6.79. The molecule has 1 aliphatic heterocycles. The fourth-order valence-corrected chi connectivity index (χ4v) is 3.52. The van der Waals surface area contributed by atoms with Crippen molar-refractivity contribution in [3.8, 4) is 0 Å². The number of primary amides is 1. The maximum atomic E-state index is 11.4. The topological polar surface area (TPSA) is 97.0 Å². The van der Waals surface area contributed by atoms with Gasteiger partial charge in [0, 0.05) is 44.1 Å². The minimum absolute atomic E-state index is 0.0156. The van der Waals surface area contributed by atoms with Crippen molar-refractivity contribution in [1.29, 1.82) is 0 Å². The first kappa shape index (κ1) is 17.2. The summed E-state index contributed by atoms with van der Waals surface area (Å²) in [5.41, 5.74) is 10.4. The summed E-state index contributed by atoms with van der Waals surface area (Å²) in [6, 6.07) is 8.10. The first-order valence-corrected chi connectivity index (χ1v) is 9.12. The van der Waals surface area contributed by atoms with Gasteiger partial charge in [0.05, 0.1) is 28.6 Å². The van der Waals surface area contributed by atoms with Crippen molar-refractivity contribution < 1.29 is 4.79 Å². The summed E-state index contributed by atoms with van der Waals surface area (Å²) in [7, 11) is 0. The van der Waals surface area contributed by atoms with Gasteiger partial charge in [0.2, 0.25) is 5.91 Å². The molecule has 0 unspecified atom stereocenters. The predicted molar refractivity (Wildman–Crippen MR) is 105 cm³/mol. The van der Waals surface area contributed by atoms with E-state index in [4.69, 9.17) is 5.73 Å². The number of anilines is 2. The van der Waals surface area contributed by atoms with Crippen molar-refractivity contribution in [2.75, 3.05) is 23.3 Å². The van der Waals surface area contributed by atoms with E-state index in [9.17, 15) is 4.79 Å². The fraction of sp³-hybridized carbons (Fsp3) is 0.300. The zero-order chi connectivity index (χ0) is 18.6. The number of amides is 1. The lowest BCUT2D eigenvalue weighted by atomic mass is 9.96. The Morgan fingerprint density at radius 1 is 1.11 bits per heavy atom. The van der Waals surface area contributed by atoms with Gasteiger partial charge in [-0.25, -0.2) is 0 Å². The SMILES string of the molecule is NC(=O)C1CCN(c2ccncc2NCc2ccc3nccnc3c2)CC1. The number of carbonyl (C=O) groups is 1. The highest BCUT2D eigenvalue weighted by Gasteiger charge is 2.24. The maximum Gasteiger partial charge on any atom is 0.220 e. The highest BCUT2D eigenvalue weighted by molar-refractivity contribution is 5.77. The summed E-state index contributed by atoms with van der Waals surface area (Å²) >= 11 is 0. The molecule has 1 aromatic carbocycles. The molecule has 0 radical (unpaired) electrons. The minimum Gasteiger partial charge on any atom is -0.378 e. The second kappa shape index (κ2) is 7.57. The maximum absolute atomic E-state index is 11.4. The van der Waals surface area contributed by atoms with Crippen LogP contribution in [-0.2, 0) is 11.3 Å². The molecule has 4 rings (SSSR count). The molecule has 1 aliphatic rings. The van der Waals surface area contributed by atoms with Gasteiger partial charge in [-0.15, -0.1) is 0 Å². The summed E-state index contributed by atoms with van der Waals surface area (Å²) in [6.45, 7) is 2.30. The van der Waals surface area contributed by atoms with Gasteiger partial charge in [0.25, 0.3) is 0 Å². The first-order chi connectivity index (χ1) is 13.2. The molecular weight excluding hydrogens is 340 g/mol. The predicted octanol–water partition coefficient (Wildman–Crippen LogP) is 2.34. The highest BCUT2D eigenvalue weighted by Crippen LogP contribution is 2.29. The molecular formula is C20H22N6O. The van der Waals surface area contributed by atoms with E-state index >= 15 is 0 Å². The zero-order valence-corrected chi connectivity index (χ0v) is 15.0. The van der Waals surface area contributed by atoms with Crippen LogP contribution in [0.3, 0.4) is 0 Å². The lowest BCUT2D eigenvalue weighted by Gasteiger charge is -2.33. The Bertz CT molecular complexity index is 952. The minimum atomic E-state index is -0.192. The molecule has 1 fully saturated rings. The molecule has 3 heterocycles. The molecule has 0 atom stereocenters. The van der Waals surface area contributed by atoms with Crippen molar-refractivity contribution in [1.82, 2.24) is 15.0 Å². The van der Waals surface area contributed by atoms with Gasteiger partial charge < -0.3 is 16.0 Å². The van der Waals surface area contributed by atoms with Gasteiger partial charge in [0.15, 0.2) is 0 Å². The first-order valence-electron chi connectivity index (χ1n) is 9.12. The Labute approximate surface area is 157 Å². The quantitative estimate of drug-likeness (QED) is 0.723. The van der Waals surface area contributed by atoms with Crippen LogP contribution in [0.5, 0.6) is 0 Å². The Kier molecular flexibility index (Phi) is 4.82. The molecule has 138 valence electrons. The fourth-order valence-electron chi connectivity index (χ4n) is 3.52. The molecule has 7 nitrogen and oxygen atoms in total. The van der Waals surface area contributed by atoms with Crippen LogP contribution in [0.15, 0.2) is 49.1 Å². The van der Waals surface area contributed by atoms with Crippen molar-refractivity contribution in [3.05, 3.63) is 54.6 Å². The van der Waals surface area contributed by atoms with Crippen LogP contribution in [0.25, 0.3) is 11.0 Å². The Morgan fingerprint density at radius 2 is 1.89 bits per heavy atom. The molecule has 0 bridgehead atoms. The smallest absolute Gasteiger partial charge is 0.220 e. The molecule has 7 heteroatoms. The van der Waals surface area contributed by atoms with E-state index in [0.29, 0.717) is 6.54 Å². The average Bonchev–Trinajstić information content (AvgIpc) is 2.72. The van der Waals surface area contributed by atoms with Crippen LogP contribution in [0.4, 0.5) is 11.4 Å². The number of piperidine rings is 1. The van der Waals surface area contributed by atoms with E-state index in [-0.39, 0.29) is 11.8 Å². The summed E-state index contributed by atoms with van der Waals surface area (Å²) in [5.74, 6) is -0.208. The Balaban J connectivity index is 1.47. The normalized spacial score (nSPS) is 15.0. The van der Waals surface area contributed by atoms with Crippen LogP contribution in [0, 0.1) is 5.92 Å². The highest BCUT2D eigenvalue weighted by atomic mass is 16.1. The third-order valence-electron chi connectivity index (χ3n) is 5.05. The van der Waals surface area contributed by atoms with Crippen molar-refractivity contribution in [3.63, 3.8) is 0 Å². The number of carbonyl (C=O) groups excluding carboxylic acids is 1. The van der Waals surface area contributed by atoms with Crippen LogP contribution >= 0.6 is 0 Å². The molecule has 1 saturated heterocycles. The van der Waals surface area contributed by atoms with Crippen molar-refractivity contribution >= 4 is 28.3 Å². The van der Waals surface area contributed by atoms with Gasteiger partial charge in [-0.3, -0.25) is 19.7 Å². The number of pyridine rings is 1. The number of nitrogens with zero attached hydrogens (tertiary/aromatic N) is 4. The molecule has 3 N–H and O–H groups in total. The van der Waals surface area contributed by atoms with Crippen LogP contribution < -0.4 is 16.0 Å². The number of benzene rings is 1. The Hall–Kier alpha value is -3.22. The standard InChI is InChI=1S/C20H22N6O/c21-20(27)15-4-9-26(10-5-15)19-3-6-22-13-18(19)25-12-14-1-2-16-17(11-14)24-8-7-23-16/h1-3,6-8,11,13,15,25H,4-5,9-10,12H2,(H2,21,27). The number of nitrogens with two attached hydrogens (primary N) is 1. The number of hydrogen-bond donors (Lipinski definition) is 2.